The highest BCUT2D eigenvalue weighted by Gasteiger charge is 2.17. The van der Waals surface area contributed by atoms with E-state index in [0.29, 0.717) is 0 Å². The van der Waals surface area contributed by atoms with Crippen molar-refractivity contribution < 1.29 is 9.64 Å². The van der Waals surface area contributed by atoms with Gasteiger partial charge in [-0.1, -0.05) is 24.6 Å². The van der Waals surface area contributed by atoms with Gasteiger partial charge in [0, 0.05) is 0 Å². The van der Waals surface area contributed by atoms with Crippen LogP contribution in [0.25, 0.3) is 0 Å². The van der Waals surface area contributed by atoms with Crippen LogP contribution in [0.3, 0.4) is 0 Å². The Morgan fingerprint density at radius 3 is 2.47 bits per heavy atom. The lowest BCUT2D eigenvalue weighted by molar-refractivity contribution is -0.906. The summed E-state index contributed by atoms with van der Waals surface area (Å²) in [6.07, 6.45) is 5.28. The van der Waals surface area contributed by atoms with E-state index in [1.54, 1.807) is 4.90 Å². The van der Waals surface area contributed by atoms with Crippen molar-refractivity contribution in [2.75, 3.05) is 26.2 Å². The summed E-state index contributed by atoms with van der Waals surface area (Å²) in [6.45, 7) is 9.41. The van der Waals surface area contributed by atoms with Crippen molar-refractivity contribution in [3.8, 4) is 5.75 Å². The van der Waals surface area contributed by atoms with Gasteiger partial charge in [-0.05, 0) is 50.7 Å². The molecule has 0 aromatic heterocycles. The molecular formula is C17H28NO+. The molecule has 2 nitrogen and oxygen atoms in total. The van der Waals surface area contributed by atoms with Crippen LogP contribution in [0.4, 0.5) is 0 Å². The first-order chi connectivity index (χ1) is 9.24. The summed E-state index contributed by atoms with van der Waals surface area (Å²) >= 11 is 0. The van der Waals surface area contributed by atoms with Gasteiger partial charge in [-0.2, -0.15) is 0 Å². The van der Waals surface area contributed by atoms with Crippen molar-refractivity contribution in [3.63, 3.8) is 0 Å². The minimum atomic E-state index is 0.854. The van der Waals surface area contributed by atoms with Gasteiger partial charge in [0.05, 0.1) is 26.2 Å². The third-order valence-electron chi connectivity index (χ3n) is 4.20. The standard InChI is InChI=1S/C17H27NO/c1-15-5-7-17(8-6-15)19-14-4-3-11-18-12-9-16(2)10-13-18/h5-8,16H,3-4,9-14H2,1-2H3/p+1. The fraction of sp³-hybridized carbons (Fsp3) is 0.647. The van der Waals surface area contributed by atoms with Crippen LogP contribution in [0, 0.1) is 12.8 Å². The van der Waals surface area contributed by atoms with E-state index >= 15 is 0 Å². The summed E-state index contributed by atoms with van der Waals surface area (Å²) in [6, 6.07) is 8.34. The molecule has 0 unspecified atom stereocenters. The fourth-order valence-electron chi connectivity index (χ4n) is 2.72. The number of hydrogen-bond donors (Lipinski definition) is 1. The average Bonchev–Trinajstić information content (AvgIpc) is 2.43. The van der Waals surface area contributed by atoms with Gasteiger partial charge in [-0.15, -0.1) is 0 Å². The number of nitrogens with one attached hydrogen (secondary N) is 1. The molecule has 1 saturated heterocycles. The Balaban J connectivity index is 1.53. The quantitative estimate of drug-likeness (QED) is 0.778. The van der Waals surface area contributed by atoms with E-state index in [4.69, 9.17) is 4.74 Å². The molecule has 1 aliphatic rings. The van der Waals surface area contributed by atoms with Crippen molar-refractivity contribution in [1.82, 2.24) is 0 Å². The molecule has 0 spiro atoms. The third kappa shape index (κ3) is 5.23. The molecule has 1 heterocycles. The maximum atomic E-state index is 5.76. The van der Waals surface area contributed by atoms with E-state index in [9.17, 15) is 0 Å². The van der Waals surface area contributed by atoms with Crippen LogP contribution in [-0.2, 0) is 0 Å². The second-order valence-electron chi connectivity index (χ2n) is 6.05. The van der Waals surface area contributed by atoms with Crippen molar-refractivity contribution in [3.05, 3.63) is 29.8 Å². The molecule has 0 amide bonds. The molecule has 1 fully saturated rings. The second kappa shape index (κ2) is 7.54. The van der Waals surface area contributed by atoms with Crippen LogP contribution >= 0.6 is 0 Å². The second-order valence-corrected chi connectivity index (χ2v) is 6.05. The van der Waals surface area contributed by atoms with Gasteiger partial charge in [-0.3, -0.25) is 0 Å². The van der Waals surface area contributed by atoms with Crippen LogP contribution in [0.2, 0.25) is 0 Å². The summed E-state index contributed by atoms with van der Waals surface area (Å²) in [5.41, 5.74) is 1.29. The van der Waals surface area contributed by atoms with Crippen molar-refractivity contribution in [1.29, 1.82) is 0 Å². The van der Waals surface area contributed by atoms with E-state index < -0.39 is 0 Å². The highest BCUT2D eigenvalue weighted by Crippen LogP contribution is 2.11. The molecule has 19 heavy (non-hydrogen) atoms. The largest absolute Gasteiger partial charge is 0.494 e. The molecule has 0 saturated carbocycles. The summed E-state index contributed by atoms with van der Waals surface area (Å²) in [5, 5.41) is 0. The molecular weight excluding hydrogens is 234 g/mol. The molecule has 0 atom stereocenters. The number of ether oxygens (including phenoxy) is 1. The minimum Gasteiger partial charge on any atom is -0.494 e. The van der Waals surface area contributed by atoms with Crippen LogP contribution in [0.5, 0.6) is 5.75 Å². The van der Waals surface area contributed by atoms with Crippen LogP contribution in [0.1, 0.15) is 38.2 Å². The summed E-state index contributed by atoms with van der Waals surface area (Å²) in [5.74, 6) is 1.96. The SMILES string of the molecule is Cc1ccc(OCCCC[NH+]2CCC(C)CC2)cc1. The maximum Gasteiger partial charge on any atom is 0.119 e. The Labute approximate surface area is 117 Å². The zero-order chi connectivity index (χ0) is 13.5. The van der Waals surface area contributed by atoms with Gasteiger partial charge in [0.1, 0.15) is 5.75 Å². The lowest BCUT2D eigenvalue weighted by Crippen LogP contribution is -3.13. The normalized spacial score (nSPS) is 23.3. The predicted molar refractivity (Wildman–Crippen MR) is 79.9 cm³/mol. The van der Waals surface area contributed by atoms with Gasteiger partial charge in [0.2, 0.25) is 0 Å². The zero-order valence-corrected chi connectivity index (χ0v) is 12.5. The lowest BCUT2D eigenvalue weighted by Gasteiger charge is -2.27. The molecule has 0 aliphatic carbocycles. The summed E-state index contributed by atoms with van der Waals surface area (Å²) < 4.78 is 5.76. The van der Waals surface area contributed by atoms with Crippen LogP contribution < -0.4 is 9.64 Å². The Hall–Kier alpha value is -1.02. The van der Waals surface area contributed by atoms with Gasteiger partial charge in [0.25, 0.3) is 0 Å². The van der Waals surface area contributed by atoms with Gasteiger partial charge in [-0.25, -0.2) is 0 Å². The first-order valence-electron chi connectivity index (χ1n) is 7.77. The maximum absolute atomic E-state index is 5.76. The molecule has 0 radical (unpaired) electrons. The molecule has 2 rings (SSSR count). The molecule has 1 aromatic rings. The number of rotatable bonds is 6. The minimum absolute atomic E-state index is 0.854. The molecule has 1 N–H and O–H groups in total. The number of hydrogen-bond acceptors (Lipinski definition) is 1. The van der Waals surface area contributed by atoms with Gasteiger partial charge < -0.3 is 9.64 Å². The van der Waals surface area contributed by atoms with E-state index in [1.165, 1.54) is 50.9 Å². The smallest absolute Gasteiger partial charge is 0.119 e. The van der Waals surface area contributed by atoms with Gasteiger partial charge in [0.15, 0.2) is 0 Å². The van der Waals surface area contributed by atoms with Crippen molar-refractivity contribution in [2.24, 2.45) is 5.92 Å². The highest BCUT2D eigenvalue weighted by molar-refractivity contribution is 5.26. The third-order valence-corrected chi connectivity index (χ3v) is 4.20. The number of unbranched alkanes of at least 4 members (excludes halogenated alkanes) is 1. The number of quaternary nitrogens is 1. The Kier molecular flexibility index (Phi) is 5.71. The lowest BCUT2D eigenvalue weighted by atomic mass is 9.99. The summed E-state index contributed by atoms with van der Waals surface area (Å²) in [7, 11) is 0. The van der Waals surface area contributed by atoms with Crippen molar-refractivity contribution >= 4 is 0 Å². The molecule has 106 valence electrons. The van der Waals surface area contributed by atoms with Crippen LogP contribution in [-0.4, -0.2) is 26.2 Å². The van der Waals surface area contributed by atoms with E-state index in [0.717, 1.165) is 18.3 Å². The molecule has 1 aromatic carbocycles. The van der Waals surface area contributed by atoms with E-state index in [1.807, 2.05) is 0 Å². The first-order valence-corrected chi connectivity index (χ1v) is 7.77. The number of benzene rings is 1. The monoisotopic (exact) mass is 262 g/mol. The fourth-order valence-corrected chi connectivity index (χ4v) is 2.72. The zero-order valence-electron chi connectivity index (χ0n) is 12.5. The molecule has 0 bridgehead atoms. The Morgan fingerprint density at radius 2 is 1.79 bits per heavy atom. The van der Waals surface area contributed by atoms with E-state index in [2.05, 4.69) is 38.1 Å². The number of aryl methyl sites for hydroxylation is 1. The Morgan fingerprint density at radius 1 is 1.11 bits per heavy atom. The van der Waals surface area contributed by atoms with Gasteiger partial charge >= 0.3 is 0 Å². The van der Waals surface area contributed by atoms with E-state index in [-0.39, 0.29) is 0 Å². The highest BCUT2D eigenvalue weighted by atomic mass is 16.5. The molecule has 1 aliphatic heterocycles. The average molecular weight is 262 g/mol. The number of likely N-dealkylation sites (tertiary alicyclic amines) is 1. The van der Waals surface area contributed by atoms with Crippen LogP contribution in [0.15, 0.2) is 24.3 Å². The molecule has 2 heteroatoms. The predicted octanol–water partition coefficient (Wildman–Crippen LogP) is 2.47. The Bertz CT molecular complexity index is 352. The first kappa shape index (κ1) is 14.4. The number of piperidine rings is 1. The van der Waals surface area contributed by atoms with Crippen molar-refractivity contribution in [2.45, 2.75) is 39.5 Å². The topological polar surface area (TPSA) is 13.7 Å². The summed E-state index contributed by atoms with van der Waals surface area (Å²) in [4.78, 5) is 1.80.